The standard InChI is InChI=1S/C23H24O2S/c1-22(2)20(24)14-16-9-10-17(25-21(16)23(22,3)4)11-12-18-13-15-7-5-6-8-19(15)26-18/h5-8,13-14,17,24H,9-10H2,1-4H3. The summed E-state index contributed by atoms with van der Waals surface area (Å²) in [5.41, 5.74) is 0.498. The number of aliphatic hydroxyl groups excluding tert-OH is 1. The summed E-state index contributed by atoms with van der Waals surface area (Å²) in [5, 5.41) is 11.7. The zero-order valence-corrected chi connectivity index (χ0v) is 16.5. The lowest BCUT2D eigenvalue weighted by atomic mass is 9.61. The van der Waals surface area contributed by atoms with Crippen LogP contribution in [0.15, 0.2) is 53.5 Å². The fraction of sp³-hybridized carbons (Fsp3) is 0.391. The molecule has 0 radical (unpaired) electrons. The number of aliphatic hydroxyl groups is 1. The van der Waals surface area contributed by atoms with E-state index in [1.165, 1.54) is 10.1 Å². The Labute approximate surface area is 159 Å². The van der Waals surface area contributed by atoms with Gasteiger partial charge in [-0.15, -0.1) is 11.3 Å². The highest BCUT2D eigenvalue weighted by atomic mass is 32.1. The Morgan fingerprint density at radius 2 is 1.92 bits per heavy atom. The molecule has 2 heterocycles. The fourth-order valence-electron chi connectivity index (χ4n) is 3.61. The van der Waals surface area contributed by atoms with Gasteiger partial charge in [-0.1, -0.05) is 57.7 Å². The number of thiophene rings is 1. The summed E-state index contributed by atoms with van der Waals surface area (Å²) in [6.07, 6.45) is 3.56. The first kappa shape index (κ1) is 17.2. The lowest BCUT2D eigenvalue weighted by molar-refractivity contribution is 0.0159. The van der Waals surface area contributed by atoms with Crippen LogP contribution in [0.5, 0.6) is 0 Å². The molecule has 2 nitrogen and oxygen atoms in total. The highest BCUT2D eigenvalue weighted by molar-refractivity contribution is 7.19. The molecule has 0 spiro atoms. The minimum absolute atomic E-state index is 0.0947. The van der Waals surface area contributed by atoms with Crippen LogP contribution in [0, 0.1) is 22.7 Å². The summed E-state index contributed by atoms with van der Waals surface area (Å²) in [4.78, 5) is 1.08. The lowest BCUT2D eigenvalue weighted by Crippen LogP contribution is -2.42. The average Bonchev–Trinajstić information content (AvgIpc) is 3.02. The van der Waals surface area contributed by atoms with Gasteiger partial charge in [0.15, 0.2) is 6.10 Å². The quantitative estimate of drug-likeness (QED) is 0.564. The number of rotatable bonds is 0. The third-order valence-corrected chi connectivity index (χ3v) is 7.12. The van der Waals surface area contributed by atoms with E-state index in [0.29, 0.717) is 5.76 Å². The number of fused-ring (bicyclic) bond motifs is 1. The number of ether oxygens (including phenoxy) is 1. The van der Waals surface area contributed by atoms with Gasteiger partial charge in [-0.2, -0.15) is 0 Å². The number of hydrogen-bond acceptors (Lipinski definition) is 3. The molecule has 1 atom stereocenters. The predicted molar refractivity (Wildman–Crippen MR) is 108 cm³/mol. The molecule has 0 fully saturated rings. The monoisotopic (exact) mass is 364 g/mol. The maximum absolute atomic E-state index is 10.4. The Kier molecular flexibility index (Phi) is 3.93. The topological polar surface area (TPSA) is 29.5 Å². The van der Waals surface area contributed by atoms with Gasteiger partial charge in [0.2, 0.25) is 0 Å². The Balaban J connectivity index is 1.61. The average molecular weight is 365 g/mol. The number of hydrogen-bond donors (Lipinski definition) is 1. The second-order valence-electron chi connectivity index (χ2n) is 8.20. The zero-order chi connectivity index (χ0) is 18.5. The van der Waals surface area contributed by atoms with Crippen LogP contribution >= 0.6 is 11.3 Å². The molecule has 1 unspecified atom stereocenters. The van der Waals surface area contributed by atoms with Crippen LogP contribution in [-0.4, -0.2) is 11.2 Å². The molecule has 1 aliphatic carbocycles. The number of benzene rings is 1. The third kappa shape index (κ3) is 2.64. The molecule has 4 rings (SSSR count). The van der Waals surface area contributed by atoms with E-state index in [4.69, 9.17) is 4.74 Å². The Hall–Kier alpha value is -2.18. The van der Waals surface area contributed by atoms with Crippen molar-refractivity contribution < 1.29 is 9.84 Å². The van der Waals surface area contributed by atoms with E-state index in [-0.39, 0.29) is 16.9 Å². The van der Waals surface area contributed by atoms with Crippen molar-refractivity contribution in [1.29, 1.82) is 0 Å². The largest absolute Gasteiger partial charge is 0.512 e. The van der Waals surface area contributed by atoms with Gasteiger partial charge in [0.1, 0.15) is 5.76 Å². The summed E-state index contributed by atoms with van der Waals surface area (Å²) < 4.78 is 7.61. The van der Waals surface area contributed by atoms with Gasteiger partial charge in [-0.25, -0.2) is 0 Å². The predicted octanol–water partition coefficient (Wildman–Crippen LogP) is 6.19. The van der Waals surface area contributed by atoms with E-state index >= 15 is 0 Å². The van der Waals surface area contributed by atoms with Crippen LogP contribution in [0.25, 0.3) is 10.1 Å². The van der Waals surface area contributed by atoms with Gasteiger partial charge < -0.3 is 9.84 Å². The smallest absolute Gasteiger partial charge is 0.159 e. The van der Waals surface area contributed by atoms with Crippen molar-refractivity contribution in [3.05, 3.63) is 58.4 Å². The van der Waals surface area contributed by atoms with E-state index in [9.17, 15) is 5.11 Å². The van der Waals surface area contributed by atoms with Crippen LogP contribution in [0.3, 0.4) is 0 Å². The molecule has 26 heavy (non-hydrogen) atoms. The third-order valence-electron chi connectivity index (χ3n) is 6.09. The van der Waals surface area contributed by atoms with E-state index in [1.54, 1.807) is 11.3 Å². The summed E-state index contributed by atoms with van der Waals surface area (Å²) in [6, 6.07) is 10.5. The summed E-state index contributed by atoms with van der Waals surface area (Å²) in [7, 11) is 0. The molecule has 2 aliphatic rings. The van der Waals surface area contributed by atoms with Crippen LogP contribution in [0.1, 0.15) is 45.4 Å². The SMILES string of the molecule is CC1(C)C(O)=CC2=C(OC(C#Cc3cc4ccccc4s3)CC2)C1(C)C. The summed E-state index contributed by atoms with van der Waals surface area (Å²) in [6.45, 7) is 8.43. The molecule has 1 aromatic carbocycles. The molecule has 0 bridgehead atoms. The maximum Gasteiger partial charge on any atom is 0.159 e. The summed E-state index contributed by atoms with van der Waals surface area (Å²) >= 11 is 1.72. The Morgan fingerprint density at radius 3 is 2.69 bits per heavy atom. The van der Waals surface area contributed by atoms with Crippen molar-refractivity contribution in [2.24, 2.45) is 10.8 Å². The Morgan fingerprint density at radius 1 is 1.15 bits per heavy atom. The first-order valence-electron chi connectivity index (χ1n) is 9.10. The molecule has 1 aromatic heterocycles. The summed E-state index contributed by atoms with van der Waals surface area (Å²) in [5.74, 6) is 8.07. The van der Waals surface area contributed by atoms with Crippen molar-refractivity contribution in [2.75, 3.05) is 0 Å². The molecule has 134 valence electrons. The normalized spacial score (nSPS) is 23.5. The second-order valence-corrected chi connectivity index (χ2v) is 9.28. The minimum Gasteiger partial charge on any atom is -0.512 e. The lowest BCUT2D eigenvalue weighted by Gasteiger charge is -2.47. The highest BCUT2D eigenvalue weighted by Gasteiger charge is 2.49. The highest BCUT2D eigenvalue weighted by Crippen LogP contribution is 2.54. The van der Waals surface area contributed by atoms with Crippen molar-refractivity contribution >= 4 is 21.4 Å². The molecule has 2 aromatic rings. The van der Waals surface area contributed by atoms with E-state index in [1.807, 2.05) is 6.08 Å². The molecule has 0 amide bonds. The van der Waals surface area contributed by atoms with Gasteiger partial charge in [0.25, 0.3) is 0 Å². The van der Waals surface area contributed by atoms with Crippen LogP contribution in [0.4, 0.5) is 0 Å². The first-order chi connectivity index (χ1) is 12.3. The first-order valence-corrected chi connectivity index (χ1v) is 9.92. The van der Waals surface area contributed by atoms with E-state index < -0.39 is 0 Å². The van der Waals surface area contributed by atoms with Crippen molar-refractivity contribution in [3.63, 3.8) is 0 Å². The maximum atomic E-state index is 10.4. The molecule has 3 heteroatoms. The molecular formula is C23H24O2S. The van der Waals surface area contributed by atoms with Crippen molar-refractivity contribution in [3.8, 4) is 11.8 Å². The van der Waals surface area contributed by atoms with E-state index in [2.05, 4.69) is 69.9 Å². The Bertz CT molecular complexity index is 959. The van der Waals surface area contributed by atoms with E-state index in [0.717, 1.165) is 29.1 Å². The molecule has 1 N–H and O–H groups in total. The minimum atomic E-state index is -0.355. The van der Waals surface area contributed by atoms with Crippen LogP contribution in [0.2, 0.25) is 0 Å². The van der Waals surface area contributed by atoms with Gasteiger partial charge in [0.05, 0.1) is 10.6 Å². The van der Waals surface area contributed by atoms with Crippen LogP contribution < -0.4 is 0 Å². The zero-order valence-electron chi connectivity index (χ0n) is 15.7. The second kappa shape index (κ2) is 5.93. The number of allylic oxidation sites excluding steroid dienone is 4. The van der Waals surface area contributed by atoms with Gasteiger partial charge in [0, 0.05) is 15.5 Å². The van der Waals surface area contributed by atoms with Crippen LogP contribution in [-0.2, 0) is 4.74 Å². The van der Waals surface area contributed by atoms with Gasteiger partial charge in [-0.3, -0.25) is 0 Å². The molecule has 0 saturated carbocycles. The van der Waals surface area contributed by atoms with Crippen molar-refractivity contribution in [1.82, 2.24) is 0 Å². The van der Waals surface area contributed by atoms with Gasteiger partial charge >= 0.3 is 0 Å². The van der Waals surface area contributed by atoms with Gasteiger partial charge in [-0.05, 0) is 42.0 Å². The molecule has 1 aliphatic heterocycles. The van der Waals surface area contributed by atoms with Crippen molar-refractivity contribution in [2.45, 2.75) is 46.6 Å². The molecule has 0 saturated heterocycles. The molecular weight excluding hydrogens is 340 g/mol. The fourth-order valence-corrected chi connectivity index (χ4v) is 4.53.